The van der Waals surface area contributed by atoms with E-state index >= 15 is 0 Å². The van der Waals surface area contributed by atoms with Gasteiger partial charge in [0.05, 0.1) is 50.4 Å². The zero-order chi connectivity index (χ0) is 25.5. The van der Waals surface area contributed by atoms with Gasteiger partial charge >= 0.3 is 0 Å². The Kier molecular flexibility index (Phi) is 9.10. The van der Waals surface area contributed by atoms with Gasteiger partial charge in [0.2, 0.25) is 0 Å². The number of aromatic nitrogens is 1. The molecule has 8 nitrogen and oxygen atoms in total. The van der Waals surface area contributed by atoms with Crippen LogP contribution in [0.3, 0.4) is 0 Å². The van der Waals surface area contributed by atoms with Crippen LogP contribution in [0, 0.1) is 0 Å². The fourth-order valence-corrected chi connectivity index (χ4v) is 6.54. The molecule has 2 aromatic rings. The van der Waals surface area contributed by atoms with Crippen LogP contribution in [0.4, 0.5) is 5.82 Å². The molecule has 3 fully saturated rings. The van der Waals surface area contributed by atoms with Crippen LogP contribution in [-0.4, -0.2) is 93.7 Å². The van der Waals surface area contributed by atoms with Crippen molar-refractivity contribution in [2.75, 3.05) is 71.2 Å². The highest BCUT2D eigenvalue weighted by Crippen LogP contribution is 2.33. The van der Waals surface area contributed by atoms with Crippen LogP contribution in [0.5, 0.6) is 0 Å². The average Bonchev–Trinajstić information content (AvgIpc) is 3.38. The van der Waals surface area contributed by atoms with E-state index in [1.54, 1.807) is 11.3 Å². The summed E-state index contributed by atoms with van der Waals surface area (Å²) in [6, 6.07) is 5.94. The molecule has 37 heavy (non-hydrogen) atoms. The molecular weight excluding hydrogens is 488 g/mol. The normalized spacial score (nSPS) is 22.8. The lowest BCUT2D eigenvalue weighted by molar-refractivity contribution is -0.0837. The molecular formula is C28H40N4O4S. The number of morpholine rings is 1. The van der Waals surface area contributed by atoms with Crippen LogP contribution in [0.1, 0.15) is 48.9 Å². The molecule has 0 unspecified atom stereocenters. The van der Waals surface area contributed by atoms with Crippen molar-refractivity contribution in [1.29, 1.82) is 0 Å². The minimum absolute atomic E-state index is 0.000667. The number of carbonyl (C=O) groups excluding carboxylic acids is 1. The van der Waals surface area contributed by atoms with Gasteiger partial charge in [-0.1, -0.05) is 25.7 Å². The zero-order valence-corrected chi connectivity index (χ0v) is 22.8. The highest BCUT2D eigenvalue weighted by Gasteiger charge is 2.38. The molecule has 0 aromatic carbocycles. The molecule has 0 radical (unpaired) electrons. The summed E-state index contributed by atoms with van der Waals surface area (Å²) < 4.78 is 17.1. The van der Waals surface area contributed by atoms with Crippen LogP contribution < -0.4 is 10.2 Å². The molecule has 2 aliphatic heterocycles. The van der Waals surface area contributed by atoms with Gasteiger partial charge in [0, 0.05) is 49.7 Å². The maximum Gasteiger partial charge on any atom is 0.255 e. The van der Waals surface area contributed by atoms with Gasteiger partial charge in [-0.25, -0.2) is 4.98 Å². The van der Waals surface area contributed by atoms with Crippen LogP contribution >= 0.6 is 11.3 Å². The van der Waals surface area contributed by atoms with E-state index in [-0.39, 0.29) is 17.6 Å². The Morgan fingerprint density at radius 1 is 1.11 bits per heavy atom. The maximum absolute atomic E-state index is 13.7. The first kappa shape index (κ1) is 26.6. The molecule has 9 heteroatoms. The fourth-order valence-electron chi connectivity index (χ4n) is 5.89. The summed E-state index contributed by atoms with van der Waals surface area (Å²) in [5, 5.41) is 7.48. The first-order valence-electron chi connectivity index (χ1n) is 13.7. The number of amides is 1. The second-order valence-corrected chi connectivity index (χ2v) is 11.2. The number of nitrogens with one attached hydrogen (secondary N) is 1. The fraction of sp³-hybridized carbons (Fsp3) is 0.643. The molecule has 1 aliphatic carbocycles. The Hall–Kier alpha value is -2.04. The van der Waals surface area contributed by atoms with Crippen molar-refractivity contribution >= 4 is 23.1 Å². The lowest BCUT2D eigenvalue weighted by atomic mass is 9.87. The number of anilines is 1. The molecule has 1 amide bonds. The Morgan fingerprint density at radius 3 is 2.62 bits per heavy atom. The molecule has 3 aliphatic rings. The topological polar surface area (TPSA) is 76.2 Å². The van der Waals surface area contributed by atoms with Crippen molar-refractivity contribution in [3.05, 3.63) is 34.5 Å². The summed E-state index contributed by atoms with van der Waals surface area (Å²) >= 11 is 1.64. The second-order valence-electron chi connectivity index (χ2n) is 10.4. The van der Waals surface area contributed by atoms with Gasteiger partial charge in [0.25, 0.3) is 5.91 Å². The number of pyridine rings is 1. The number of hydrogen-bond donors (Lipinski definition) is 1. The summed E-state index contributed by atoms with van der Waals surface area (Å²) in [6.45, 7) is 6.45. The highest BCUT2D eigenvalue weighted by molar-refractivity contribution is 7.08. The van der Waals surface area contributed by atoms with E-state index in [0.717, 1.165) is 50.4 Å². The van der Waals surface area contributed by atoms with Gasteiger partial charge in [-0.2, -0.15) is 11.3 Å². The van der Waals surface area contributed by atoms with Gasteiger partial charge in [-0.15, -0.1) is 0 Å². The van der Waals surface area contributed by atoms with Crippen molar-refractivity contribution in [3.63, 3.8) is 0 Å². The van der Waals surface area contributed by atoms with Crippen molar-refractivity contribution < 1.29 is 19.0 Å². The minimum Gasteiger partial charge on any atom is -0.379 e. The van der Waals surface area contributed by atoms with Gasteiger partial charge in [0.1, 0.15) is 5.82 Å². The number of likely N-dealkylation sites (N-methyl/N-ethyl adjacent to an activating group) is 1. The number of thiophene rings is 1. The summed E-state index contributed by atoms with van der Waals surface area (Å²) in [5.74, 6) is 0.612. The molecule has 2 saturated heterocycles. The third-order valence-corrected chi connectivity index (χ3v) is 8.64. The first-order chi connectivity index (χ1) is 18.1. The Morgan fingerprint density at radius 2 is 1.92 bits per heavy atom. The summed E-state index contributed by atoms with van der Waals surface area (Å²) in [5.41, 5.74) is 2.53. The Bertz CT molecular complexity index is 998. The molecule has 1 atom stereocenters. The Labute approximate surface area is 224 Å². The van der Waals surface area contributed by atoms with Crippen LogP contribution in [0.15, 0.2) is 29.0 Å². The number of rotatable bonds is 8. The van der Waals surface area contributed by atoms with Crippen LogP contribution in [-0.2, 0) is 14.2 Å². The summed E-state index contributed by atoms with van der Waals surface area (Å²) in [4.78, 5) is 23.3. The number of ether oxygens (including phenoxy) is 3. The number of hydrogen-bond acceptors (Lipinski definition) is 8. The average molecular weight is 529 g/mol. The van der Waals surface area contributed by atoms with E-state index in [4.69, 9.17) is 19.2 Å². The highest BCUT2D eigenvalue weighted by atomic mass is 32.1. The zero-order valence-electron chi connectivity index (χ0n) is 22.0. The smallest absolute Gasteiger partial charge is 0.255 e. The van der Waals surface area contributed by atoms with E-state index in [0.29, 0.717) is 44.3 Å². The number of nitrogens with zero attached hydrogens (tertiary/aromatic N) is 3. The van der Waals surface area contributed by atoms with Crippen molar-refractivity contribution in [2.45, 2.75) is 50.2 Å². The molecule has 2 aromatic heterocycles. The second kappa shape index (κ2) is 12.7. The molecule has 1 saturated carbocycles. The SMILES string of the molecule is CN(C[C@H]1COCCO1)c1nc(-c2ccsc2)ccc1C(=O)NCC1(N2CCOCC2)CCCCCC1. The quantitative estimate of drug-likeness (QED) is 0.522. The van der Waals surface area contributed by atoms with E-state index in [2.05, 4.69) is 21.7 Å². The molecule has 0 bridgehead atoms. The van der Waals surface area contributed by atoms with Gasteiger partial charge in [0.15, 0.2) is 0 Å². The Balaban J connectivity index is 1.36. The van der Waals surface area contributed by atoms with Crippen LogP contribution in [0.2, 0.25) is 0 Å². The lowest BCUT2D eigenvalue weighted by Gasteiger charge is -2.45. The predicted molar refractivity (Wildman–Crippen MR) is 147 cm³/mol. The third-order valence-electron chi connectivity index (χ3n) is 7.95. The molecule has 5 rings (SSSR count). The molecule has 4 heterocycles. The minimum atomic E-state index is -0.0658. The van der Waals surface area contributed by atoms with Crippen LogP contribution in [0.25, 0.3) is 11.3 Å². The first-order valence-corrected chi connectivity index (χ1v) is 14.6. The van der Waals surface area contributed by atoms with E-state index in [1.165, 1.54) is 25.7 Å². The van der Waals surface area contributed by atoms with Gasteiger partial charge < -0.3 is 24.4 Å². The number of carbonyl (C=O) groups is 1. The summed E-state index contributed by atoms with van der Waals surface area (Å²) in [7, 11) is 1.98. The molecule has 1 N–H and O–H groups in total. The van der Waals surface area contributed by atoms with Crippen molar-refractivity contribution in [2.24, 2.45) is 0 Å². The predicted octanol–water partition coefficient (Wildman–Crippen LogP) is 3.82. The molecule has 0 spiro atoms. The van der Waals surface area contributed by atoms with E-state index < -0.39 is 0 Å². The maximum atomic E-state index is 13.7. The van der Waals surface area contributed by atoms with Crippen molar-refractivity contribution in [1.82, 2.24) is 15.2 Å². The molecule has 202 valence electrons. The van der Waals surface area contributed by atoms with Crippen molar-refractivity contribution in [3.8, 4) is 11.3 Å². The standard InChI is InChI=1S/C28H40N4O4S/c1-31(18-23-19-35-15-16-36-23)26-24(6-7-25(30-26)22-8-17-37-20-22)27(33)29-21-28(9-4-2-3-5-10-28)32-11-13-34-14-12-32/h6-8,17,20,23H,2-5,9-16,18-19,21H2,1H3,(H,29,33)/t23-/m0/s1. The largest absolute Gasteiger partial charge is 0.379 e. The van der Waals surface area contributed by atoms with Gasteiger partial charge in [-0.05, 0) is 36.4 Å². The lowest BCUT2D eigenvalue weighted by Crippen LogP contribution is -2.58. The third kappa shape index (κ3) is 6.52. The monoisotopic (exact) mass is 528 g/mol. The van der Waals surface area contributed by atoms with Gasteiger partial charge in [-0.3, -0.25) is 9.69 Å². The van der Waals surface area contributed by atoms with E-state index in [1.807, 2.05) is 29.5 Å². The van der Waals surface area contributed by atoms with E-state index in [9.17, 15) is 4.79 Å². The summed E-state index contributed by atoms with van der Waals surface area (Å²) in [6.07, 6.45) is 7.16.